The zero-order chi connectivity index (χ0) is 15.4. The molecule has 0 aliphatic carbocycles. The summed E-state index contributed by atoms with van der Waals surface area (Å²) in [6.45, 7) is 5.83. The van der Waals surface area contributed by atoms with Gasteiger partial charge in [-0.05, 0) is 55.7 Å². The van der Waals surface area contributed by atoms with Gasteiger partial charge < -0.3 is 15.8 Å². The summed E-state index contributed by atoms with van der Waals surface area (Å²) >= 11 is 0. The number of nitrogens with two attached hydrogens (primary N) is 1. The molecular weight excluding hydrogens is 264 g/mol. The largest absolute Gasteiger partial charge is 0.483 e. The van der Waals surface area contributed by atoms with E-state index in [9.17, 15) is 4.79 Å². The van der Waals surface area contributed by atoms with Crippen molar-refractivity contribution in [1.29, 1.82) is 0 Å². The van der Waals surface area contributed by atoms with Gasteiger partial charge in [-0.3, -0.25) is 4.79 Å². The molecule has 0 bridgehead atoms. The molecule has 4 heteroatoms. The Morgan fingerprint density at radius 1 is 1.10 bits per heavy atom. The van der Waals surface area contributed by atoms with Crippen LogP contribution in [0, 0.1) is 20.8 Å². The van der Waals surface area contributed by atoms with Gasteiger partial charge in [0, 0.05) is 11.4 Å². The summed E-state index contributed by atoms with van der Waals surface area (Å²) in [4.78, 5) is 11.9. The number of carbonyl (C=O) groups excluding carboxylic acids is 1. The first-order chi connectivity index (χ1) is 9.95. The van der Waals surface area contributed by atoms with Gasteiger partial charge in [-0.25, -0.2) is 0 Å². The van der Waals surface area contributed by atoms with Crippen LogP contribution < -0.4 is 15.8 Å². The molecule has 0 spiro atoms. The van der Waals surface area contributed by atoms with Crippen LogP contribution >= 0.6 is 0 Å². The van der Waals surface area contributed by atoms with Gasteiger partial charge >= 0.3 is 0 Å². The molecule has 110 valence electrons. The molecule has 1 amide bonds. The van der Waals surface area contributed by atoms with Gasteiger partial charge in [0.1, 0.15) is 5.75 Å². The first kappa shape index (κ1) is 14.9. The Hall–Kier alpha value is -2.49. The molecule has 2 aromatic carbocycles. The van der Waals surface area contributed by atoms with Gasteiger partial charge in [-0.15, -0.1) is 0 Å². The minimum atomic E-state index is -0.209. The number of amides is 1. The first-order valence-electron chi connectivity index (χ1n) is 6.82. The predicted molar refractivity (Wildman–Crippen MR) is 85.6 cm³/mol. The topological polar surface area (TPSA) is 64.3 Å². The summed E-state index contributed by atoms with van der Waals surface area (Å²) in [5.74, 6) is 0.521. The highest BCUT2D eigenvalue weighted by molar-refractivity contribution is 5.92. The zero-order valence-electron chi connectivity index (χ0n) is 12.6. The minimum absolute atomic E-state index is 0.0297. The van der Waals surface area contributed by atoms with Crippen molar-refractivity contribution in [1.82, 2.24) is 0 Å². The molecule has 2 aromatic rings. The lowest BCUT2D eigenvalue weighted by atomic mass is 10.1. The molecule has 2 rings (SSSR count). The molecule has 3 N–H and O–H groups in total. The summed E-state index contributed by atoms with van der Waals surface area (Å²) < 4.78 is 5.56. The minimum Gasteiger partial charge on any atom is -0.483 e. The number of rotatable bonds is 4. The highest BCUT2D eigenvalue weighted by Crippen LogP contribution is 2.19. The molecule has 21 heavy (non-hydrogen) atoms. The summed E-state index contributed by atoms with van der Waals surface area (Å²) in [6, 6.07) is 11.3. The fourth-order valence-corrected chi connectivity index (χ4v) is 1.92. The summed E-state index contributed by atoms with van der Waals surface area (Å²) in [7, 11) is 0. The number of anilines is 2. The summed E-state index contributed by atoms with van der Waals surface area (Å²) in [5, 5.41) is 2.77. The first-order valence-corrected chi connectivity index (χ1v) is 6.82. The molecule has 0 saturated heterocycles. The number of hydrogen-bond acceptors (Lipinski definition) is 3. The van der Waals surface area contributed by atoms with Crippen LogP contribution in [0.3, 0.4) is 0 Å². The highest BCUT2D eigenvalue weighted by atomic mass is 16.5. The van der Waals surface area contributed by atoms with Crippen molar-refractivity contribution >= 4 is 17.3 Å². The molecule has 0 aliphatic heterocycles. The van der Waals surface area contributed by atoms with Crippen LogP contribution in [-0.2, 0) is 4.79 Å². The third-order valence-corrected chi connectivity index (χ3v) is 3.27. The zero-order valence-corrected chi connectivity index (χ0v) is 12.6. The maximum Gasteiger partial charge on any atom is 0.262 e. The number of nitrogens with one attached hydrogen (secondary N) is 1. The Bertz CT molecular complexity index is 666. The quantitative estimate of drug-likeness (QED) is 0.847. The van der Waals surface area contributed by atoms with Crippen molar-refractivity contribution < 1.29 is 9.53 Å². The Balaban J connectivity index is 1.95. The molecule has 0 unspecified atom stereocenters. The molecule has 0 fully saturated rings. The molecular formula is C17H20N2O2. The Labute approximate surface area is 124 Å². The van der Waals surface area contributed by atoms with Gasteiger partial charge in [0.25, 0.3) is 5.91 Å². The average Bonchev–Trinajstić information content (AvgIpc) is 2.44. The molecule has 0 saturated carbocycles. The van der Waals surface area contributed by atoms with Crippen molar-refractivity contribution in [3.8, 4) is 5.75 Å². The van der Waals surface area contributed by atoms with Gasteiger partial charge in [0.05, 0.1) is 0 Å². The maximum absolute atomic E-state index is 11.9. The smallest absolute Gasteiger partial charge is 0.262 e. The van der Waals surface area contributed by atoms with Crippen molar-refractivity contribution in [2.75, 3.05) is 17.7 Å². The Morgan fingerprint density at radius 2 is 1.81 bits per heavy atom. The fourth-order valence-electron chi connectivity index (χ4n) is 1.92. The second-order valence-corrected chi connectivity index (χ2v) is 5.18. The summed E-state index contributed by atoms with van der Waals surface area (Å²) in [6.07, 6.45) is 0. The van der Waals surface area contributed by atoms with Crippen LogP contribution in [0.15, 0.2) is 36.4 Å². The van der Waals surface area contributed by atoms with E-state index in [0.29, 0.717) is 11.4 Å². The Morgan fingerprint density at radius 3 is 2.52 bits per heavy atom. The lowest BCUT2D eigenvalue weighted by molar-refractivity contribution is -0.118. The standard InChI is InChI=1S/C17H20N2O2/c1-11-4-5-13(3)16(8-11)21-10-17(20)19-14-7-6-12(2)15(18)9-14/h4-9H,10,18H2,1-3H3,(H,19,20). The number of aryl methyl sites for hydroxylation is 3. The summed E-state index contributed by atoms with van der Waals surface area (Å²) in [5.41, 5.74) is 10.2. The second kappa shape index (κ2) is 6.31. The van der Waals surface area contributed by atoms with Crippen LogP contribution in [0.5, 0.6) is 5.75 Å². The van der Waals surface area contributed by atoms with Crippen LogP contribution in [0.1, 0.15) is 16.7 Å². The number of carbonyl (C=O) groups is 1. The third-order valence-electron chi connectivity index (χ3n) is 3.27. The number of hydrogen-bond donors (Lipinski definition) is 2. The van der Waals surface area contributed by atoms with Crippen LogP contribution in [-0.4, -0.2) is 12.5 Å². The van der Waals surface area contributed by atoms with E-state index in [1.807, 2.05) is 51.1 Å². The Kier molecular flexibility index (Phi) is 4.48. The van der Waals surface area contributed by atoms with Gasteiger partial charge in [-0.1, -0.05) is 18.2 Å². The molecule has 0 radical (unpaired) electrons. The highest BCUT2D eigenvalue weighted by Gasteiger charge is 2.06. The van der Waals surface area contributed by atoms with E-state index in [-0.39, 0.29) is 12.5 Å². The normalized spacial score (nSPS) is 10.2. The monoisotopic (exact) mass is 284 g/mol. The lowest BCUT2D eigenvalue weighted by Crippen LogP contribution is -2.20. The maximum atomic E-state index is 11.9. The number of nitrogen functional groups attached to an aromatic ring is 1. The van der Waals surface area contributed by atoms with Gasteiger partial charge in [-0.2, -0.15) is 0 Å². The van der Waals surface area contributed by atoms with Crippen molar-refractivity contribution in [3.63, 3.8) is 0 Å². The second-order valence-electron chi connectivity index (χ2n) is 5.18. The SMILES string of the molecule is Cc1ccc(C)c(OCC(=O)Nc2ccc(C)c(N)c2)c1. The van der Waals surface area contributed by atoms with E-state index in [1.54, 1.807) is 6.07 Å². The molecule has 4 nitrogen and oxygen atoms in total. The van der Waals surface area contributed by atoms with E-state index in [4.69, 9.17) is 10.5 Å². The third kappa shape index (κ3) is 3.99. The molecule has 0 aliphatic rings. The fraction of sp³-hybridized carbons (Fsp3) is 0.235. The van der Waals surface area contributed by atoms with E-state index in [1.165, 1.54) is 0 Å². The van der Waals surface area contributed by atoms with Crippen molar-refractivity contribution in [3.05, 3.63) is 53.1 Å². The van der Waals surface area contributed by atoms with Gasteiger partial charge in [0.2, 0.25) is 0 Å². The molecule has 0 heterocycles. The predicted octanol–water partition coefficient (Wildman–Crippen LogP) is 3.21. The van der Waals surface area contributed by atoms with Crippen molar-refractivity contribution in [2.24, 2.45) is 0 Å². The van der Waals surface area contributed by atoms with E-state index < -0.39 is 0 Å². The number of benzene rings is 2. The van der Waals surface area contributed by atoms with E-state index in [2.05, 4.69) is 5.32 Å². The lowest BCUT2D eigenvalue weighted by Gasteiger charge is -2.11. The van der Waals surface area contributed by atoms with E-state index in [0.717, 1.165) is 22.4 Å². The molecule has 0 aromatic heterocycles. The average molecular weight is 284 g/mol. The van der Waals surface area contributed by atoms with E-state index >= 15 is 0 Å². The van der Waals surface area contributed by atoms with Crippen LogP contribution in [0.4, 0.5) is 11.4 Å². The number of ether oxygens (including phenoxy) is 1. The van der Waals surface area contributed by atoms with Gasteiger partial charge in [0.15, 0.2) is 6.61 Å². The molecule has 0 atom stereocenters. The van der Waals surface area contributed by atoms with Crippen molar-refractivity contribution in [2.45, 2.75) is 20.8 Å². The van der Waals surface area contributed by atoms with Crippen LogP contribution in [0.25, 0.3) is 0 Å². The van der Waals surface area contributed by atoms with Crippen LogP contribution in [0.2, 0.25) is 0 Å².